The summed E-state index contributed by atoms with van der Waals surface area (Å²) in [5.41, 5.74) is 6.21. The van der Waals surface area contributed by atoms with Gasteiger partial charge in [0.05, 0.1) is 6.21 Å². The summed E-state index contributed by atoms with van der Waals surface area (Å²) in [5.74, 6) is 0. The first-order valence-corrected chi connectivity index (χ1v) is 7.27. The molecule has 0 atom stereocenters. The first-order chi connectivity index (χ1) is 10.1. The van der Waals surface area contributed by atoms with E-state index in [4.69, 9.17) is 0 Å². The van der Waals surface area contributed by atoms with Crippen molar-refractivity contribution in [2.45, 2.75) is 13.8 Å². The van der Waals surface area contributed by atoms with Crippen LogP contribution in [0.2, 0.25) is 0 Å². The van der Waals surface area contributed by atoms with Crippen LogP contribution in [0.25, 0.3) is 0 Å². The van der Waals surface area contributed by atoms with Crippen LogP contribution in [0.1, 0.15) is 16.7 Å². The number of nitrogens with one attached hydrogen (secondary N) is 2. The minimum atomic E-state index is -0.360. The molecule has 0 aliphatic heterocycles. The van der Waals surface area contributed by atoms with E-state index in [1.807, 2.05) is 56.3 Å². The van der Waals surface area contributed by atoms with Gasteiger partial charge in [0.1, 0.15) is 0 Å². The molecule has 4 nitrogen and oxygen atoms in total. The van der Waals surface area contributed by atoms with Gasteiger partial charge in [0.25, 0.3) is 0 Å². The molecule has 0 saturated carbocycles. The maximum absolute atomic E-state index is 11.8. The van der Waals surface area contributed by atoms with Crippen molar-refractivity contribution < 1.29 is 4.79 Å². The van der Waals surface area contributed by atoms with E-state index in [2.05, 4.69) is 31.8 Å². The fourth-order valence-corrected chi connectivity index (χ4v) is 2.13. The highest BCUT2D eigenvalue weighted by atomic mass is 79.9. The summed E-state index contributed by atoms with van der Waals surface area (Å²) in [7, 11) is 0. The summed E-state index contributed by atoms with van der Waals surface area (Å²) < 4.78 is 1.00. The standard InChI is InChI=1S/C16H16BrN3O/c1-11-4-3-5-12(2)15(11)19-16(21)20-18-10-13-6-8-14(17)9-7-13/h3-10H,1-2H3,(H2,19,20,21)/b18-10-. The van der Waals surface area contributed by atoms with E-state index in [1.54, 1.807) is 6.21 Å². The maximum Gasteiger partial charge on any atom is 0.339 e. The predicted molar refractivity (Wildman–Crippen MR) is 89.8 cm³/mol. The highest BCUT2D eigenvalue weighted by molar-refractivity contribution is 9.10. The van der Waals surface area contributed by atoms with E-state index in [0.717, 1.165) is 26.9 Å². The molecular formula is C16H16BrN3O. The number of urea groups is 1. The van der Waals surface area contributed by atoms with Crippen molar-refractivity contribution in [3.63, 3.8) is 0 Å². The monoisotopic (exact) mass is 345 g/mol. The predicted octanol–water partition coefficient (Wildman–Crippen LogP) is 4.22. The van der Waals surface area contributed by atoms with Crippen LogP contribution in [-0.4, -0.2) is 12.2 Å². The molecule has 2 aromatic carbocycles. The molecule has 108 valence electrons. The number of nitrogens with zero attached hydrogens (tertiary/aromatic N) is 1. The fourth-order valence-electron chi connectivity index (χ4n) is 1.87. The molecule has 0 heterocycles. The largest absolute Gasteiger partial charge is 0.339 e. The molecule has 0 aliphatic carbocycles. The number of para-hydroxylation sites is 1. The van der Waals surface area contributed by atoms with Crippen molar-refractivity contribution in [3.8, 4) is 0 Å². The molecule has 0 aromatic heterocycles. The molecule has 2 rings (SSSR count). The van der Waals surface area contributed by atoms with Crippen LogP contribution < -0.4 is 10.7 Å². The Morgan fingerprint density at radius 1 is 1.10 bits per heavy atom. The molecule has 0 fully saturated rings. The number of carbonyl (C=O) groups excluding carboxylic acids is 1. The van der Waals surface area contributed by atoms with Gasteiger partial charge in [0.2, 0.25) is 0 Å². The van der Waals surface area contributed by atoms with Crippen LogP contribution in [-0.2, 0) is 0 Å². The zero-order valence-electron chi connectivity index (χ0n) is 11.9. The molecule has 21 heavy (non-hydrogen) atoms. The van der Waals surface area contributed by atoms with E-state index in [1.165, 1.54) is 0 Å². The molecule has 0 bridgehead atoms. The number of hydrogen-bond acceptors (Lipinski definition) is 2. The smallest absolute Gasteiger partial charge is 0.306 e. The lowest BCUT2D eigenvalue weighted by Crippen LogP contribution is -2.25. The van der Waals surface area contributed by atoms with Gasteiger partial charge in [-0.15, -0.1) is 0 Å². The third kappa shape index (κ3) is 4.43. The quantitative estimate of drug-likeness (QED) is 0.634. The average Bonchev–Trinajstić information content (AvgIpc) is 2.45. The summed E-state index contributed by atoms with van der Waals surface area (Å²) in [6.45, 7) is 3.90. The van der Waals surface area contributed by atoms with E-state index in [-0.39, 0.29) is 6.03 Å². The lowest BCUT2D eigenvalue weighted by atomic mass is 10.1. The molecule has 0 radical (unpaired) electrons. The molecule has 2 aromatic rings. The topological polar surface area (TPSA) is 53.5 Å². The number of rotatable bonds is 3. The maximum atomic E-state index is 11.8. The second-order valence-electron chi connectivity index (χ2n) is 4.64. The van der Waals surface area contributed by atoms with Crippen LogP contribution in [0.15, 0.2) is 52.0 Å². The molecule has 2 N–H and O–H groups in total. The summed E-state index contributed by atoms with van der Waals surface area (Å²) >= 11 is 3.36. The summed E-state index contributed by atoms with van der Waals surface area (Å²) in [4.78, 5) is 11.8. The Hall–Kier alpha value is -2.14. The Bertz CT molecular complexity index is 645. The van der Waals surface area contributed by atoms with Crippen molar-refractivity contribution in [3.05, 3.63) is 63.6 Å². The van der Waals surface area contributed by atoms with Crippen LogP contribution >= 0.6 is 15.9 Å². The van der Waals surface area contributed by atoms with Crippen LogP contribution in [0.3, 0.4) is 0 Å². The number of benzene rings is 2. The minimum Gasteiger partial charge on any atom is -0.306 e. The Morgan fingerprint density at radius 3 is 2.33 bits per heavy atom. The third-order valence-electron chi connectivity index (χ3n) is 2.97. The van der Waals surface area contributed by atoms with Gasteiger partial charge < -0.3 is 5.32 Å². The van der Waals surface area contributed by atoms with Crippen molar-refractivity contribution in [1.29, 1.82) is 0 Å². The Kier molecular flexibility index (Phi) is 5.11. The molecule has 0 saturated heterocycles. The zero-order chi connectivity index (χ0) is 15.2. The van der Waals surface area contributed by atoms with E-state index in [9.17, 15) is 4.79 Å². The lowest BCUT2D eigenvalue weighted by Gasteiger charge is -2.10. The van der Waals surface area contributed by atoms with Gasteiger partial charge in [0.15, 0.2) is 0 Å². The number of hydrazone groups is 1. The van der Waals surface area contributed by atoms with Crippen molar-refractivity contribution >= 4 is 33.9 Å². The van der Waals surface area contributed by atoms with Gasteiger partial charge >= 0.3 is 6.03 Å². The number of amides is 2. The highest BCUT2D eigenvalue weighted by Gasteiger charge is 2.05. The number of carbonyl (C=O) groups is 1. The minimum absolute atomic E-state index is 0.360. The Labute approximate surface area is 132 Å². The highest BCUT2D eigenvalue weighted by Crippen LogP contribution is 2.18. The van der Waals surface area contributed by atoms with E-state index >= 15 is 0 Å². The van der Waals surface area contributed by atoms with Gasteiger partial charge in [-0.25, -0.2) is 10.2 Å². The SMILES string of the molecule is Cc1cccc(C)c1NC(=O)N/N=C\c1ccc(Br)cc1. The lowest BCUT2D eigenvalue weighted by molar-refractivity contribution is 0.252. The average molecular weight is 346 g/mol. The van der Waals surface area contributed by atoms with Crippen molar-refractivity contribution in [2.24, 2.45) is 5.10 Å². The number of hydrogen-bond donors (Lipinski definition) is 2. The van der Waals surface area contributed by atoms with E-state index in [0.29, 0.717) is 0 Å². The normalized spacial score (nSPS) is 10.6. The third-order valence-corrected chi connectivity index (χ3v) is 3.50. The number of anilines is 1. The molecule has 0 spiro atoms. The van der Waals surface area contributed by atoms with Gasteiger partial charge in [-0.3, -0.25) is 0 Å². The Balaban J connectivity index is 1.95. The molecule has 2 amide bonds. The van der Waals surface area contributed by atoms with Crippen molar-refractivity contribution in [2.75, 3.05) is 5.32 Å². The number of aryl methyl sites for hydroxylation is 2. The van der Waals surface area contributed by atoms with Crippen LogP contribution in [0, 0.1) is 13.8 Å². The fraction of sp³-hybridized carbons (Fsp3) is 0.125. The molecule has 5 heteroatoms. The second kappa shape index (κ2) is 7.04. The van der Waals surface area contributed by atoms with Gasteiger partial charge in [0, 0.05) is 10.2 Å². The summed E-state index contributed by atoms with van der Waals surface area (Å²) in [6, 6.07) is 13.1. The number of halogens is 1. The molecule has 0 aliphatic rings. The van der Waals surface area contributed by atoms with Crippen LogP contribution in [0.4, 0.5) is 10.5 Å². The van der Waals surface area contributed by atoms with Gasteiger partial charge in [-0.05, 0) is 42.7 Å². The van der Waals surface area contributed by atoms with Crippen molar-refractivity contribution in [1.82, 2.24) is 5.43 Å². The molecule has 0 unspecified atom stereocenters. The first-order valence-electron chi connectivity index (χ1n) is 6.48. The summed E-state index contributed by atoms with van der Waals surface area (Å²) in [6.07, 6.45) is 1.59. The van der Waals surface area contributed by atoms with Gasteiger partial charge in [-0.2, -0.15) is 5.10 Å². The van der Waals surface area contributed by atoms with Crippen LogP contribution in [0.5, 0.6) is 0 Å². The van der Waals surface area contributed by atoms with E-state index < -0.39 is 0 Å². The second-order valence-corrected chi connectivity index (χ2v) is 5.56. The first kappa shape index (κ1) is 15.3. The van der Waals surface area contributed by atoms with Gasteiger partial charge in [-0.1, -0.05) is 46.3 Å². The molecular weight excluding hydrogens is 330 g/mol. The summed E-state index contributed by atoms with van der Waals surface area (Å²) in [5, 5.41) is 6.73. The Morgan fingerprint density at radius 2 is 1.71 bits per heavy atom. The zero-order valence-corrected chi connectivity index (χ0v) is 13.4.